The Kier molecular flexibility index (Phi) is 7.89. The molecule has 2 aromatic heterocycles. The van der Waals surface area contributed by atoms with E-state index in [1.54, 1.807) is 0 Å². The fourth-order valence-corrected chi connectivity index (χ4v) is 6.49. The Hall–Kier alpha value is -5.20. The molecule has 46 heavy (non-hydrogen) atoms. The molecule has 2 aliphatic heterocycles. The lowest BCUT2D eigenvalue weighted by Gasteiger charge is -2.38. The summed E-state index contributed by atoms with van der Waals surface area (Å²) in [6, 6.07) is 21.0. The Morgan fingerprint density at radius 2 is 1.76 bits per heavy atom. The van der Waals surface area contributed by atoms with E-state index >= 15 is 0 Å². The van der Waals surface area contributed by atoms with Crippen LogP contribution in [0.3, 0.4) is 0 Å². The maximum atomic E-state index is 11.8. The third-order valence-corrected chi connectivity index (χ3v) is 8.66. The lowest BCUT2D eigenvalue weighted by molar-refractivity contribution is -0.385. The molecule has 12 heteroatoms. The number of H-pyrrole nitrogens is 1. The van der Waals surface area contributed by atoms with Gasteiger partial charge in [-0.3, -0.25) is 10.1 Å². The number of anilines is 1. The molecule has 5 aromatic rings. The van der Waals surface area contributed by atoms with Crippen molar-refractivity contribution < 1.29 is 33.8 Å². The van der Waals surface area contributed by atoms with Crippen molar-refractivity contribution >= 4 is 39.3 Å². The van der Waals surface area contributed by atoms with Gasteiger partial charge in [0, 0.05) is 59.5 Å². The van der Waals surface area contributed by atoms with Gasteiger partial charge in [-0.15, -0.1) is 0 Å². The second-order valence-electron chi connectivity index (χ2n) is 11.4. The number of hydrogen-bond donors (Lipinski definition) is 2. The highest BCUT2D eigenvalue weighted by atomic mass is 16.7. The van der Waals surface area contributed by atoms with Crippen molar-refractivity contribution in [3.8, 4) is 22.8 Å². The molecule has 0 saturated carbocycles. The Bertz CT molecular complexity index is 1920. The van der Waals surface area contributed by atoms with E-state index in [0.29, 0.717) is 86.6 Å². The maximum Gasteiger partial charge on any atom is 0.512 e. The molecule has 0 atom stereocenters. The first-order chi connectivity index (χ1) is 22.4. The van der Waals surface area contributed by atoms with Crippen LogP contribution in [0.4, 0.5) is 16.3 Å². The highest BCUT2D eigenvalue weighted by Crippen LogP contribution is 2.42. The zero-order valence-corrected chi connectivity index (χ0v) is 24.9. The first kappa shape index (κ1) is 29.5. The minimum Gasteiger partial charge on any atom is -0.493 e. The van der Waals surface area contributed by atoms with Gasteiger partial charge in [-0.25, -0.2) is 9.78 Å². The predicted molar refractivity (Wildman–Crippen MR) is 171 cm³/mol. The number of aryl methyl sites for hydroxylation is 1. The van der Waals surface area contributed by atoms with E-state index in [0.717, 1.165) is 21.9 Å². The van der Waals surface area contributed by atoms with Gasteiger partial charge in [0.2, 0.25) is 5.88 Å². The number of rotatable bonds is 9. The molecule has 4 heterocycles. The number of pyridine rings is 1. The maximum absolute atomic E-state index is 11.8. The normalized spacial score (nSPS) is 15.9. The summed E-state index contributed by atoms with van der Waals surface area (Å²) < 4.78 is 23.1. The lowest BCUT2D eigenvalue weighted by Crippen LogP contribution is -2.45. The summed E-state index contributed by atoms with van der Waals surface area (Å²) in [7, 11) is 0. The number of ether oxygens (including phenoxy) is 4. The third-order valence-electron chi connectivity index (χ3n) is 8.66. The summed E-state index contributed by atoms with van der Waals surface area (Å²) in [5.41, 5.74) is 2.33. The van der Waals surface area contributed by atoms with Crippen LogP contribution in [-0.2, 0) is 15.9 Å². The monoisotopic (exact) mass is 624 g/mol. The number of aromatic nitrogens is 2. The molecule has 0 aliphatic carbocycles. The van der Waals surface area contributed by atoms with E-state index in [4.69, 9.17) is 18.9 Å². The molecule has 12 nitrogen and oxygen atoms in total. The molecule has 7 rings (SSSR count). The molecule has 2 aliphatic rings. The Labute approximate surface area is 263 Å². The summed E-state index contributed by atoms with van der Waals surface area (Å²) in [6.45, 7) is 2.71. The minimum atomic E-state index is -1.45. The fourth-order valence-electron chi connectivity index (χ4n) is 6.49. The standard InChI is InChI=1S/C34H32N4O8/c39-33(40)46-32-27(11-5-17-43-29-12-3-7-22-6-1-2-8-24(22)29)25-9-4-10-26(30(25)36-32)28-20-23(38(41)42)21-35-31(28)37-15-13-34(14-16-37)44-18-19-45-34/h1-4,6-10,12,20-21,36H,5,11,13-19H2,(H,39,40). The van der Waals surface area contributed by atoms with Crippen molar-refractivity contribution in [1.82, 2.24) is 9.97 Å². The van der Waals surface area contributed by atoms with Crippen LogP contribution in [0.25, 0.3) is 32.8 Å². The first-order valence-corrected chi connectivity index (χ1v) is 15.2. The Morgan fingerprint density at radius 1 is 1.02 bits per heavy atom. The number of para-hydroxylation sites is 1. The number of nitrogens with one attached hydrogen (secondary N) is 1. The van der Waals surface area contributed by atoms with Crippen LogP contribution in [0.2, 0.25) is 0 Å². The van der Waals surface area contributed by atoms with Gasteiger partial charge in [-0.2, -0.15) is 0 Å². The summed E-state index contributed by atoms with van der Waals surface area (Å²) in [6.07, 6.45) is 2.14. The first-order valence-electron chi connectivity index (χ1n) is 15.2. The van der Waals surface area contributed by atoms with Gasteiger partial charge in [-0.05, 0) is 24.3 Å². The van der Waals surface area contributed by atoms with Crippen LogP contribution in [0.1, 0.15) is 24.8 Å². The van der Waals surface area contributed by atoms with E-state index in [1.165, 1.54) is 12.3 Å². The topological polar surface area (TPSA) is 149 Å². The van der Waals surface area contributed by atoms with E-state index in [-0.39, 0.29) is 11.6 Å². The molecule has 236 valence electrons. The minimum absolute atomic E-state index is 0.107. The second kappa shape index (κ2) is 12.3. The number of carbonyl (C=O) groups is 1. The number of fused-ring (bicyclic) bond motifs is 2. The molecule has 3 aromatic carbocycles. The molecule has 2 N–H and O–H groups in total. The Balaban J connectivity index is 1.20. The number of aromatic amines is 1. The van der Waals surface area contributed by atoms with Gasteiger partial charge in [0.1, 0.15) is 17.8 Å². The molecule has 0 radical (unpaired) electrons. The van der Waals surface area contributed by atoms with Gasteiger partial charge in [0.15, 0.2) is 5.79 Å². The van der Waals surface area contributed by atoms with Crippen molar-refractivity contribution in [2.45, 2.75) is 31.5 Å². The average Bonchev–Trinajstić information content (AvgIpc) is 3.67. The SMILES string of the molecule is O=C(O)Oc1[nH]c2c(-c3cc([N+](=O)[O-])cnc3N3CCC4(CC3)OCCO4)cccc2c1CCCOc1cccc2ccccc12. The van der Waals surface area contributed by atoms with Crippen molar-refractivity contribution in [3.05, 3.63) is 88.6 Å². The van der Waals surface area contributed by atoms with Crippen LogP contribution in [0.5, 0.6) is 11.6 Å². The van der Waals surface area contributed by atoms with Gasteiger partial charge in [0.05, 0.1) is 30.3 Å². The zero-order valence-electron chi connectivity index (χ0n) is 24.9. The lowest BCUT2D eigenvalue weighted by atomic mass is 9.98. The number of nitro groups is 1. The molecule has 2 saturated heterocycles. The summed E-state index contributed by atoms with van der Waals surface area (Å²) >= 11 is 0. The molecule has 1 spiro atoms. The summed E-state index contributed by atoms with van der Waals surface area (Å²) in [5, 5.41) is 24.2. The van der Waals surface area contributed by atoms with Crippen LogP contribution in [0, 0.1) is 10.1 Å². The van der Waals surface area contributed by atoms with Crippen LogP contribution < -0.4 is 14.4 Å². The van der Waals surface area contributed by atoms with Crippen LogP contribution in [0.15, 0.2) is 72.9 Å². The van der Waals surface area contributed by atoms with E-state index < -0.39 is 16.9 Å². The summed E-state index contributed by atoms with van der Waals surface area (Å²) in [4.78, 5) is 32.9. The van der Waals surface area contributed by atoms with Crippen molar-refractivity contribution in [3.63, 3.8) is 0 Å². The highest BCUT2D eigenvalue weighted by molar-refractivity contribution is 6.00. The molecule has 0 unspecified atom stereocenters. The second-order valence-corrected chi connectivity index (χ2v) is 11.4. The molecule has 2 fully saturated rings. The van der Waals surface area contributed by atoms with Gasteiger partial charge in [-0.1, -0.05) is 54.6 Å². The smallest absolute Gasteiger partial charge is 0.493 e. The van der Waals surface area contributed by atoms with Crippen LogP contribution >= 0.6 is 0 Å². The third kappa shape index (κ3) is 5.68. The van der Waals surface area contributed by atoms with Crippen LogP contribution in [-0.4, -0.2) is 64.9 Å². The van der Waals surface area contributed by atoms with Gasteiger partial charge in [0.25, 0.3) is 5.69 Å². The number of nitrogens with zero attached hydrogens (tertiary/aromatic N) is 3. The largest absolute Gasteiger partial charge is 0.512 e. The number of hydrogen-bond acceptors (Lipinski definition) is 9. The van der Waals surface area contributed by atoms with Crippen molar-refractivity contribution in [2.75, 3.05) is 37.8 Å². The molecule has 0 amide bonds. The highest BCUT2D eigenvalue weighted by Gasteiger charge is 2.40. The zero-order chi connectivity index (χ0) is 31.7. The summed E-state index contributed by atoms with van der Waals surface area (Å²) in [5.74, 6) is 0.884. The van der Waals surface area contributed by atoms with Crippen molar-refractivity contribution in [2.24, 2.45) is 0 Å². The number of piperidine rings is 1. The molecular formula is C34H32N4O8. The van der Waals surface area contributed by atoms with Crippen molar-refractivity contribution in [1.29, 1.82) is 0 Å². The predicted octanol–water partition coefficient (Wildman–Crippen LogP) is 6.70. The quantitative estimate of drug-likeness (QED) is 0.0785. The molecular weight excluding hydrogens is 592 g/mol. The van der Waals surface area contributed by atoms with E-state index in [9.17, 15) is 20.0 Å². The number of benzene rings is 3. The average molecular weight is 625 g/mol. The number of carboxylic acid groups (broad SMARTS) is 1. The van der Waals surface area contributed by atoms with Gasteiger partial charge >= 0.3 is 6.16 Å². The molecule has 0 bridgehead atoms. The van der Waals surface area contributed by atoms with E-state index in [2.05, 4.69) is 14.9 Å². The Morgan fingerprint density at radius 3 is 2.54 bits per heavy atom. The fraction of sp³-hybridized carbons (Fsp3) is 0.294. The van der Waals surface area contributed by atoms with Gasteiger partial charge < -0.3 is 33.9 Å². The van der Waals surface area contributed by atoms with E-state index in [1.807, 2.05) is 60.7 Å².